The van der Waals surface area contributed by atoms with Gasteiger partial charge in [0.15, 0.2) is 0 Å². The Kier molecular flexibility index (Phi) is 7.75. The molecule has 1 amide bonds. The Morgan fingerprint density at radius 2 is 1.38 bits per heavy atom. The lowest BCUT2D eigenvalue weighted by Gasteiger charge is -2.35. The lowest BCUT2D eigenvalue weighted by molar-refractivity contribution is -0.274. The van der Waals surface area contributed by atoms with Gasteiger partial charge in [-0.25, -0.2) is 0 Å². The second-order valence-electron chi connectivity index (χ2n) is 10.6. The highest BCUT2D eigenvalue weighted by molar-refractivity contribution is 5.97. The number of hydrogen-bond acceptors (Lipinski definition) is 5. The fourth-order valence-corrected chi connectivity index (χ4v) is 5.70. The predicted octanol–water partition coefficient (Wildman–Crippen LogP) is 6.54. The van der Waals surface area contributed by atoms with Crippen LogP contribution in [0.15, 0.2) is 103 Å². The largest absolute Gasteiger partial charge is 0.573 e. The van der Waals surface area contributed by atoms with Crippen molar-refractivity contribution in [3.8, 4) is 5.75 Å². The molecule has 2 heterocycles. The van der Waals surface area contributed by atoms with E-state index >= 15 is 0 Å². The van der Waals surface area contributed by atoms with Crippen LogP contribution >= 0.6 is 0 Å². The van der Waals surface area contributed by atoms with Crippen molar-refractivity contribution >= 4 is 17.3 Å². The number of piperazine rings is 1. The van der Waals surface area contributed by atoms with Gasteiger partial charge in [0.25, 0.3) is 5.91 Å². The summed E-state index contributed by atoms with van der Waals surface area (Å²) in [5, 5.41) is 7.23. The number of benzene rings is 4. The summed E-state index contributed by atoms with van der Waals surface area (Å²) in [6, 6.07) is 32.4. The van der Waals surface area contributed by atoms with E-state index in [2.05, 4.69) is 44.5 Å². The molecule has 0 aliphatic carbocycles. The molecule has 4 aromatic carbocycles. The van der Waals surface area contributed by atoms with Crippen LogP contribution in [0.2, 0.25) is 0 Å². The average molecular weight is 573 g/mol. The van der Waals surface area contributed by atoms with Crippen molar-refractivity contribution < 1.29 is 22.7 Å². The van der Waals surface area contributed by atoms with E-state index in [0.717, 1.165) is 16.9 Å². The number of carbonyl (C=O) groups is 1. The molecule has 216 valence electrons. The molecular weight excluding hydrogens is 541 g/mol. The third-order valence-corrected chi connectivity index (χ3v) is 7.76. The van der Waals surface area contributed by atoms with E-state index in [1.165, 1.54) is 23.3 Å². The van der Waals surface area contributed by atoms with Gasteiger partial charge < -0.3 is 20.3 Å². The fourth-order valence-electron chi connectivity index (χ4n) is 5.70. The van der Waals surface area contributed by atoms with Gasteiger partial charge in [0.05, 0.1) is 11.4 Å². The second kappa shape index (κ2) is 11.8. The zero-order chi connectivity index (χ0) is 29.1. The minimum Gasteiger partial charge on any atom is -0.406 e. The van der Waals surface area contributed by atoms with Crippen LogP contribution in [-0.2, 0) is 6.54 Å². The number of ether oxygens (including phenoxy) is 1. The summed E-state index contributed by atoms with van der Waals surface area (Å²) >= 11 is 0. The van der Waals surface area contributed by atoms with Gasteiger partial charge in [0.1, 0.15) is 11.9 Å². The first kappa shape index (κ1) is 27.7. The van der Waals surface area contributed by atoms with Crippen molar-refractivity contribution in [1.82, 2.24) is 9.80 Å². The monoisotopic (exact) mass is 572 g/mol. The van der Waals surface area contributed by atoms with Crippen LogP contribution in [0.25, 0.3) is 0 Å². The van der Waals surface area contributed by atoms with Gasteiger partial charge in [0, 0.05) is 44.2 Å². The van der Waals surface area contributed by atoms with Gasteiger partial charge in [0.2, 0.25) is 0 Å². The van der Waals surface area contributed by atoms with E-state index in [-0.39, 0.29) is 23.7 Å². The Hall–Kier alpha value is -4.50. The third kappa shape index (κ3) is 6.36. The van der Waals surface area contributed by atoms with Crippen molar-refractivity contribution in [2.45, 2.75) is 25.0 Å². The van der Waals surface area contributed by atoms with Gasteiger partial charge in [-0.1, -0.05) is 72.8 Å². The van der Waals surface area contributed by atoms with Crippen molar-refractivity contribution in [2.75, 3.05) is 36.8 Å². The molecule has 6 nitrogen and oxygen atoms in total. The van der Waals surface area contributed by atoms with Crippen molar-refractivity contribution in [2.24, 2.45) is 0 Å². The predicted molar refractivity (Wildman–Crippen MR) is 157 cm³/mol. The minimum atomic E-state index is -4.70. The number of alkyl halides is 3. The van der Waals surface area contributed by atoms with Crippen molar-refractivity contribution in [3.63, 3.8) is 0 Å². The van der Waals surface area contributed by atoms with Gasteiger partial charge in [-0.3, -0.25) is 9.69 Å². The van der Waals surface area contributed by atoms with Crippen molar-refractivity contribution in [1.29, 1.82) is 0 Å². The minimum absolute atomic E-state index is 0.0148. The first-order valence-electron chi connectivity index (χ1n) is 14.0. The molecule has 2 aliphatic heterocycles. The molecule has 0 spiro atoms. The Bertz CT molecular complexity index is 1470. The highest BCUT2D eigenvalue weighted by atomic mass is 19.4. The van der Waals surface area contributed by atoms with Gasteiger partial charge in [-0.15, -0.1) is 13.2 Å². The number of halogens is 3. The number of anilines is 2. The molecular formula is C33H31F3N4O2. The number of amides is 1. The summed E-state index contributed by atoms with van der Waals surface area (Å²) in [7, 11) is 0. The van der Waals surface area contributed by atoms with E-state index in [4.69, 9.17) is 0 Å². The van der Waals surface area contributed by atoms with Crippen LogP contribution < -0.4 is 15.4 Å². The normalized spacial score (nSPS) is 17.0. The van der Waals surface area contributed by atoms with Crippen LogP contribution in [0.4, 0.5) is 24.5 Å². The smallest absolute Gasteiger partial charge is 0.406 e. The molecule has 0 radical (unpaired) electrons. The van der Waals surface area contributed by atoms with E-state index in [1.54, 1.807) is 12.1 Å². The number of fused-ring (bicyclic) bond motifs is 1. The number of nitrogens with one attached hydrogen (secondary N) is 2. The second-order valence-corrected chi connectivity index (χ2v) is 10.6. The molecule has 4 aromatic rings. The molecule has 1 atom stereocenters. The topological polar surface area (TPSA) is 56.8 Å². The number of hydrogen-bond donors (Lipinski definition) is 2. The first-order valence-corrected chi connectivity index (χ1v) is 14.0. The zero-order valence-electron chi connectivity index (χ0n) is 22.9. The molecule has 2 aliphatic rings. The molecule has 0 bridgehead atoms. The summed E-state index contributed by atoms with van der Waals surface area (Å²) in [5.41, 5.74) is 5.78. The van der Waals surface area contributed by atoms with E-state index in [9.17, 15) is 18.0 Å². The Labute approximate surface area is 242 Å². The Balaban J connectivity index is 1.08. The molecule has 0 saturated carbocycles. The standard InChI is InChI=1S/C33H31F3N4O2/c34-33(35,36)42-27-14-11-23(12-15-27)22-39-17-19-40(20-18-39)32(41)26-13-16-28-29(21-26)38-31(37-28)30(24-7-3-1-4-8-24)25-9-5-2-6-10-25/h1-16,21,30-31,37-38H,17-20,22H2. The lowest BCUT2D eigenvalue weighted by atomic mass is 9.89. The van der Waals surface area contributed by atoms with E-state index in [0.29, 0.717) is 38.3 Å². The van der Waals surface area contributed by atoms with Gasteiger partial charge in [-0.05, 0) is 47.0 Å². The quantitative estimate of drug-likeness (QED) is 0.264. The summed E-state index contributed by atoms with van der Waals surface area (Å²) in [6.45, 7) is 3.09. The fraction of sp³-hybridized carbons (Fsp3) is 0.242. The SMILES string of the molecule is O=C(c1ccc2c(c1)NC(C(c1ccccc1)c1ccccc1)N2)N1CCN(Cc2ccc(OC(F)(F)F)cc2)CC1. The van der Waals surface area contributed by atoms with E-state index in [1.807, 2.05) is 59.5 Å². The first-order chi connectivity index (χ1) is 20.3. The molecule has 1 fully saturated rings. The molecule has 0 aromatic heterocycles. The maximum Gasteiger partial charge on any atom is 0.573 e. The molecule has 42 heavy (non-hydrogen) atoms. The summed E-state index contributed by atoms with van der Waals surface area (Å²) in [6.07, 6.45) is -4.78. The summed E-state index contributed by atoms with van der Waals surface area (Å²) in [4.78, 5) is 17.5. The Morgan fingerprint density at radius 1 is 0.786 bits per heavy atom. The Morgan fingerprint density at radius 3 is 1.98 bits per heavy atom. The molecule has 2 N–H and O–H groups in total. The zero-order valence-corrected chi connectivity index (χ0v) is 22.9. The molecule has 1 saturated heterocycles. The number of nitrogens with zero attached hydrogens (tertiary/aromatic N) is 2. The van der Waals surface area contributed by atoms with Crippen LogP contribution in [-0.4, -0.2) is 54.4 Å². The van der Waals surface area contributed by atoms with Crippen LogP contribution in [0.1, 0.15) is 33.0 Å². The average Bonchev–Trinajstić information content (AvgIpc) is 3.41. The van der Waals surface area contributed by atoms with Crippen molar-refractivity contribution in [3.05, 3.63) is 125 Å². The molecule has 6 rings (SSSR count). The number of rotatable bonds is 7. The van der Waals surface area contributed by atoms with Crippen LogP contribution in [0.5, 0.6) is 5.75 Å². The van der Waals surface area contributed by atoms with Gasteiger partial charge >= 0.3 is 6.36 Å². The molecule has 1 unspecified atom stereocenters. The van der Waals surface area contributed by atoms with Gasteiger partial charge in [-0.2, -0.15) is 0 Å². The van der Waals surface area contributed by atoms with Crippen LogP contribution in [0, 0.1) is 0 Å². The highest BCUT2D eigenvalue weighted by Crippen LogP contribution is 2.38. The van der Waals surface area contributed by atoms with Crippen LogP contribution in [0.3, 0.4) is 0 Å². The summed E-state index contributed by atoms with van der Waals surface area (Å²) < 4.78 is 41.2. The highest BCUT2D eigenvalue weighted by Gasteiger charge is 2.32. The third-order valence-electron chi connectivity index (χ3n) is 7.76. The maximum absolute atomic E-state index is 13.4. The van der Waals surface area contributed by atoms with E-state index < -0.39 is 6.36 Å². The lowest BCUT2D eigenvalue weighted by Crippen LogP contribution is -2.48. The maximum atomic E-state index is 13.4. The summed E-state index contributed by atoms with van der Waals surface area (Å²) in [5.74, 6) is -0.179. The number of carbonyl (C=O) groups excluding carboxylic acids is 1. The molecule has 9 heteroatoms.